The molecule has 6 nitrogen and oxygen atoms in total. The van der Waals surface area contributed by atoms with Crippen LogP contribution in [0, 0.1) is 17.0 Å². The zero-order valence-electron chi connectivity index (χ0n) is 8.13. The minimum Gasteiger partial charge on any atom is -0.375 e. The summed E-state index contributed by atoms with van der Waals surface area (Å²) >= 11 is 0. The number of aryl methyl sites for hydroxylation is 1. The van der Waals surface area contributed by atoms with Crippen LogP contribution in [0.3, 0.4) is 0 Å². The maximum atomic E-state index is 10.8. The molecule has 0 saturated heterocycles. The molecular formula is C8H9NO5S. The Hall–Kier alpha value is -1.63. The Labute approximate surface area is 86.8 Å². The molecule has 0 aliphatic rings. The van der Waals surface area contributed by atoms with Crippen molar-refractivity contribution in [2.45, 2.75) is 6.92 Å². The monoisotopic (exact) mass is 231 g/mol. The summed E-state index contributed by atoms with van der Waals surface area (Å²) in [5, 5.41) is 10.7. The summed E-state index contributed by atoms with van der Waals surface area (Å²) in [6.07, 6.45) is 0.832. The van der Waals surface area contributed by atoms with Gasteiger partial charge in [0.05, 0.1) is 11.2 Å². The molecule has 0 aliphatic heterocycles. The van der Waals surface area contributed by atoms with Crippen LogP contribution >= 0.6 is 0 Å². The number of nitrogens with zero attached hydrogens (tertiary/aromatic N) is 1. The van der Waals surface area contributed by atoms with E-state index in [0.29, 0.717) is 5.56 Å². The lowest BCUT2D eigenvalue weighted by molar-refractivity contribution is -0.386. The van der Waals surface area contributed by atoms with Crippen LogP contribution in [0.25, 0.3) is 0 Å². The van der Waals surface area contributed by atoms with E-state index in [1.807, 2.05) is 0 Å². The summed E-state index contributed by atoms with van der Waals surface area (Å²) in [7, 11) is -3.75. The van der Waals surface area contributed by atoms with Gasteiger partial charge in [-0.1, -0.05) is 12.1 Å². The summed E-state index contributed by atoms with van der Waals surface area (Å²) in [6.45, 7) is 1.51. The molecular weight excluding hydrogens is 222 g/mol. The number of hydrogen-bond donors (Lipinski definition) is 0. The van der Waals surface area contributed by atoms with Gasteiger partial charge in [0.1, 0.15) is 0 Å². The highest BCUT2D eigenvalue weighted by Crippen LogP contribution is 2.30. The Bertz CT molecular complexity index is 494. The first-order chi connectivity index (χ1) is 6.81. The summed E-state index contributed by atoms with van der Waals surface area (Å²) in [5.74, 6) is -0.262. The second-order valence-corrected chi connectivity index (χ2v) is 4.54. The SMILES string of the molecule is Cc1cccc(OS(C)(=O)=O)c1[N+](=O)[O-]. The average Bonchev–Trinajstić information content (AvgIpc) is 1.99. The van der Waals surface area contributed by atoms with Gasteiger partial charge in [-0.05, 0) is 13.0 Å². The van der Waals surface area contributed by atoms with E-state index in [1.165, 1.54) is 25.1 Å². The van der Waals surface area contributed by atoms with E-state index in [-0.39, 0.29) is 11.4 Å². The van der Waals surface area contributed by atoms with Crippen molar-refractivity contribution in [1.82, 2.24) is 0 Å². The number of rotatable bonds is 3. The number of nitro benzene ring substituents is 1. The maximum Gasteiger partial charge on any atom is 0.315 e. The highest BCUT2D eigenvalue weighted by molar-refractivity contribution is 7.86. The van der Waals surface area contributed by atoms with Gasteiger partial charge in [-0.15, -0.1) is 0 Å². The van der Waals surface area contributed by atoms with Crippen LogP contribution in [-0.4, -0.2) is 19.6 Å². The maximum absolute atomic E-state index is 10.8. The molecule has 1 aromatic rings. The Morgan fingerprint density at radius 2 is 2.00 bits per heavy atom. The molecule has 15 heavy (non-hydrogen) atoms. The molecule has 1 aromatic carbocycles. The highest BCUT2D eigenvalue weighted by atomic mass is 32.2. The van der Waals surface area contributed by atoms with E-state index < -0.39 is 15.0 Å². The lowest BCUT2D eigenvalue weighted by Gasteiger charge is -2.04. The summed E-state index contributed by atoms with van der Waals surface area (Å²) in [6, 6.07) is 4.24. The Balaban J connectivity index is 3.30. The van der Waals surface area contributed by atoms with Gasteiger partial charge in [-0.25, -0.2) is 0 Å². The number of nitro groups is 1. The van der Waals surface area contributed by atoms with Crippen molar-refractivity contribution in [2.75, 3.05) is 6.26 Å². The van der Waals surface area contributed by atoms with Gasteiger partial charge in [0, 0.05) is 5.56 Å². The second kappa shape index (κ2) is 3.85. The van der Waals surface area contributed by atoms with Crippen LogP contribution in [0.5, 0.6) is 5.75 Å². The lowest BCUT2D eigenvalue weighted by Crippen LogP contribution is -2.08. The van der Waals surface area contributed by atoms with Gasteiger partial charge in [0.2, 0.25) is 5.75 Å². The third kappa shape index (κ3) is 2.91. The smallest absolute Gasteiger partial charge is 0.315 e. The predicted octanol–water partition coefficient (Wildman–Crippen LogP) is 1.24. The summed E-state index contributed by atoms with van der Waals surface area (Å²) < 4.78 is 26.2. The Morgan fingerprint density at radius 1 is 1.40 bits per heavy atom. The van der Waals surface area contributed by atoms with Crippen LogP contribution < -0.4 is 4.18 Å². The Morgan fingerprint density at radius 3 is 2.47 bits per heavy atom. The summed E-state index contributed by atoms with van der Waals surface area (Å²) in [4.78, 5) is 9.99. The molecule has 0 atom stereocenters. The molecule has 1 rings (SSSR count). The molecule has 0 N–H and O–H groups in total. The molecule has 82 valence electrons. The van der Waals surface area contributed by atoms with Crippen molar-refractivity contribution in [2.24, 2.45) is 0 Å². The minimum absolute atomic E-state index is 0.262. The van der Waals surface area contributed by atoms with Crippen molar-refractivity contribution < 1.29 is 17.5 Å². The fourth-order valence-electron chi connectivity index (χ4n) is 1.10. The largest absolute Gasteiger partial charge is 0.375 e. The average molecular weight is 231 g/mol. The van der Waals surface area contributed by atoms with Gasteiger partial charge in [-0.3, -0.25) is 10.1 Å². The fourth-order valence-corrected chi connectivity index (χ4v) is 1.56. The second-order valence-electron chi connectivity index (χ2n) is 2.97. The van der Waals surface area contributed by atoms with E-state index in [1.54, 1.807) is 0 Å². The van der Waals surface area contributed by atoms with Gasteiger partial charge in [0.15, 0.2) is 0 Å². The van der Waals surface area contributed by atoms with E-state index in [9.17, 15) is 18.5 Å². The molecule has 0 aromatic heterocycles. The van der Waals surface area contributed by atoms with Crippen molar-refractivity contribution in [3.05, 3.63) is 33.9 Å². The first kappa shape index (κ1) is 11.4. The molecule has 0 heterocycles. The predicted molar refractivity (Wildman–Crippen MR) is 53.3 cm³/mol. The standard InChI is InChI=1S/C8H9NO5S/c1-6-4-3-5-7(8(6)9(10)11)14-15(2,12)13/h3-5H,1-2H3. The molecule has 0 radical (unpaired) electrons. The zero-order chi connectivity index (χ0) is 11.6. The van der Waals surface area contributed by atoms with E-state index in [2.05, 4.69) is 4.18 Å². The first-order valence-corrected chi connectivity index (χ1v) is 5.76. The number of benzene rings is 1. The number of hydrogen-bond acceptors (Lipinski definition) is 5. The lowest BCUT2D eigenvalue weighted by atomic mass is 10.2. The molecule has 0 bridgehead atoms. The molecule has 0 aliphatic carbocycles. The number of para-hydroxylation sites is 1. The van der Waals surface area contributed by atoms with Gasteiger partial charge in [-0.2, -0.15) is 8.42 Å². The highest BCUT2D eigenvalue weighted by Gasteiger charge is 2.20. The first-order valence-electron chi connectivity index (χ1n) is 3.95. The van der Waals surface area contributed by atoms with E-state index in [4.69, 9.17) is 0 Å². The zero-order valence-corrected chi connectivity index (χ0v) is 8.95. The fraction of sp³-hybridized carbons (Fsp3) is 0.250. The quantitative estimate of drug-likeness (QED) is 0.443. The molecule has 0 spiro atoms. The van der Waals surface area contributed by atoms with Crippen molar-refractivity contribution in [3.63, 3.8) is 0 Å². The van der Waals surface area contributed by atoms with Crippen LogP contribution in [0.15, 0.2) is 18.2 Å². The molecule has 0 saturated carbocycles. The van der Waals surface area contributed by atoms with Crippen LogP contribution in [-0.2, 0) is 10.1 Å². The minimum atomic E-state index is -3.75. The van der Waals surface area contributed by atoms with Gasteiger partial charge < -0.3 is 4.18 Å². The third-order valence-electron chi connectivity index (χ3n) is 1.62. The Kier molecular flexibility index (Phi) is 2.94. The van der Waals surface area contributed by atoms with Crippen LogP contribution in [0.4, 0.5) is 5.69 Å². The summed E-state index contributed by atoms with van der Waals surface area (Å²) in [5.41, 5.74) is 0.0177. The van der Waals surface area contributed by atoms with Crippen molar-refractivity contribution >= 4 is 15.8 Å². The van der Waals surface area contributed by atoms with Crippen molar-refractivity contribution in [3.8, 4) is 5.75 Å². The van der Waals surface area contributed by atoms with Crippen LogP contribution in [0.1, 0.15) is 5.56 Å². The van der Waals surface area contributed by atoms with Gasteiger partial charge >= 0.3 is 15.8 Å². The molecule has 0 unspecified atom stereocenters. The van der Waals surface area contributed by atoms with Crippen LogP contribution in [0.2, 0.25) is 0 Å². The molecule has 0 amide bonds. The molecule has 0 fully saturated rings. The third-order valence-corrected chi connectivity index (χ3v) is 2.11. The van der Waals surface area contributed by atoms with E-state index >= 15 is 0 Å². The van der Waals surface area contributed by atoms with Gasteiger partial charge in [0.25, 0.3) is 0 Å². The van der Waals surface area contributed by atoms with E-state index in [0.717, 1.165) is 6.26 Å². The normalized spacial score (nSPS) is 11.1. The molecule has 7 heteroatoms. The topological polar surface area (TPSA) is 86.5 Å². The van der Waals surface area contributed by atoms with Crippen molar-refractivity contribution in [1.29, 1.82) is 0 Å².